The standard InChI is InChI=1S/C24H30N6OS/c1-15(2)30-22-18(21(28-30)17-8-7-16(3)25-13-17)9-10-19-23(22)32-24(26-19)27-20(31)14-29-11-5-4-6-12-29/h7-8,13,15H,4-6,9-12,14H2,1-3H3,(H,26,27,31). The molecule has 0 saturated carbocycles. The van der Waals surface area contributed by atoms with Crippen molar-refractivity contribution in [1.82, 2.24) is 24.6 Å². The van der Waals surface area contributed by atoms with Crippen LogP contribution in [-0.2, 0) is 17.6 Å². The fraction of sp³-hybridized carbons (Fsp3) is 0.500. The van der Waals surface area contributed by atoms with Gasteiger partial charge in [0.2, 0.25) is 5.91 Å². The molecule has 1 amide bonds. The summed E-state index contributed by atoms with van der Waals surface area (Å²) in [5.74, 6) is 0.0296. The zero-order valence-electron chi connectivity index (χ0n) is 19.0. The van der Waals surface area contributed by atoms with Gasteiger partial charge >= 0.3 is 0 Å². The lowest BCUT2D eigenvalue weighted by molar-refractivity contribution is -0.117. The van der Waals surface area contributed by atoms with Crippen LogP contribution in [0.15, 0.2) is 18.3 Å². The molecule has 7 nitrogen and oxygen atoms in total. The lowest BCUT2D eigenvalue weighted by Gasteiger charge is -2.25. The number of likely N-dealkylation sites (tertiary alicyclic amines) is 1. The van der Waals surface area contributed by atoms with Crippen molar-refractivity contribution in [2.75, 3.05) is 25.0 Å². The molecule has 1 fully saturated rings. The Hall–Kier alpha value is -2.58. The highest BCUT2D eigenvalue weighted by Gasteiger charge is 2.30. The Kier molecular flexibility index (Phi) is 5.82. The van der Waals surface area contributed by atoms with E-state index in [-0.39, 0.29) is 11.9 Å². The molecular formula is C24H30N6OS. The molecule has 0 spiro atoms. The first kappa shape index (κ1) is 21.3. The minimum atomic E-state index is 0.0296. The maximum Gasteiger partial charge on any atom is 0.240 e. The van der Waals surface area contributed by atoms with Gasteiger partial charge in [-0.15, -0.1) is 0 Å². The maximum absolute atomic E-state index is 12.6. The van der Waals surface area contributed by atoms with Crippen LogP contribution >= 0.6 is 11.3 Å². The van der Waals surface area contributed by atoms with Crippen LogP contribution in [0.25, 0.3) is 21.8 Å². The van der Waals surface area contributed by atoms with E-state index in [4.69, 9.17) is 10.1 Å². The predicted octanol–water partition coefficient (Wildman–Crippen LogP) is 4.48. The maximum atomic E-state index is 12.6. The van der Waals surface area contributed by atoms with Crippen LogP contribution in [0.1, 0.15) is 56.1 Å². The molecule has 32 heavy (non-hydrogen) atoms. The fourth-order valence-electron chi connectivity index (χ4n) is 4.64. The Bertz CT molecular complexity index is 1120. The summed E-state index contributed by atoms with van der Waals surface area (Å²) >= 11 is 1.57. The van der Waals surface area contributed by atoms with Gasteiger partial charge in [0.05, 0.1) is 28.5 Å². The van der Waals surface area contributed by atoms with Crippen LogP contribution < -0.4 is 5.32 Å². The highest BCUT2D eigenvalue weighted by molar-refractivity contribution is 7.19. The number of amides is 1. The molecule has 5 rings (SSSR count). The van der Waals surface area contributed by atoms with Crippen molar-refractivity contribution in [1.29, 1.82) is 0 Å². The first-order chi connectivity index (χ1) is 15.5. The Morgan fingerprint density at radius 3 is 2.72 bits per heavy atom. The third-order valence-corrected chi connectivity index (χ3v) is 7.29. The number of hydrogen-bond donors (Lipinski definition) is 1. The molecule has 8 heteroatoms. The number of carbonyl (C=O) groups excluding carboxylic acids is 1. The summed E-state index contributed by atoms with van der Waals surface area (Å²) in [5, 5.41) is 8.75. The first-order valence-electron chi connectivity index (χ1n) is 11.6. The fourth-order valence-corrected chi connectivity index (χ4v) is 5.74. The van der Waals surface area contributed by atoms with Gasteiger partial charge in [-0.2, -0.15) is 5.10 Å². The zero-order valence-corrected chi connectivity index (χ0v) is 19.8. The quantitative estimate of drug-likeness (QED) is 0.620. The van der Waals surface area contributed by atoms with E-state index in [1.165, 1.54) is 24.8 Å². The average Bonchev–Trinajstić information content (AvgIpc) is 3.36. The topological polar surface area (TPSA) is 75.9 Å². The first-order valence-corrected chi connectivity index (χ1v) is 12.4. The van der Waals surface area contributed by atoms with Gasteiger partial charge in [0.15, 0.2) is 5.13 Å². The van der Waals surface area contributed by atoms with E-state index >= 15 is 0 Å². The summed E-state index contributed by atoms with van der Waals surface area (Å²) in [6.45, 7) is 8.77. The second-order valence-corrected chi connectivity index (χ2v) is 10.1. The number of rotatable bonds is 5. The Morgan fingerprint density at radius 1 is 1.19 bits per heavy atom. The second-order valence-electron chi connectivity index (χ2n) is 9.08. The zero-order chi connectivity index (χ0) is 22.2. The molecule has 1 aliphatic carbocycles. The molecule has 0 atom stereocenters. The monoisotopic (exact) mass is 450 g/mol. The smallest absolute Gasteiger partial charge is 0.240 e. The highest BCUT2D eigenvalue weighted by Crippen LogP contribution is 2.44. The minimum absolute atomic E-state index is 0.0296. The largest absolute Gasteiger partial charge is 0.301 e. The van der Waals surface area contributed by atoms with Crippen molar-refractivity contribution in [3.8, 4) is 21.8 Å². The number of hydrogen-bond acceptors (Lipinski definition) is 6. The molecular weight excluding hydrogens is 420 g/mol. The third kappa shape index (κ3) is 4.09. The molecule has 0 radical (unpaired) electrons. The summed E-state index contributed by atoms with van der Waals surface area (Å²) in [4.78, 5) is 25.3. The molecule has 168 valence electrons. The number of aryl methyl sites for hydroxylation is 2. The third-order valence-electron chi connectivity index (χ3n) is 6.27. The number of nitrogens with zero attached hydrogens (tertiary/aromatic N) is 5. The Morgan fingerprint density at radius 2 is 2.00 bits per heavy atom. The number of thiazole rings is 1. The lowest BCUT2D eigenvalue weighted by atomic mass is 9.95. The van der Waals surface area contributed by atoms with Gasteiger partial charge in [-0.25, -0.2) is 4.98 Å². The van der Waals surface area contributed by atoms with E-state index in [9.17, 15) is 4.79 Å². The van der Waals surface area contributed by atoms with Crippen molar-refractivity contribution < 1.29 is 4.79 Å². The van der Waals surface area contributed by atoms with Crippen LogP contribution in [0.2, 0.25) is 0 Å². The number of anilines is 1. The van der Waals surface area contributed by atoms with E-state index in [1.807, 2.05) is 19.2 Å². The molecule has 2 aliphatic rings. The van der Waals surface area contributed by atoms with Gasteiger partial charge in [0.25, 0.3) is 0 Å². The normalized spacial score (nSPS) is 16.1. The summed E-state index contributed by atoms with van der Waals surface area (Å²) in [6.07, 6.45) is 7.29. The van der Waals surface area contributed by atoms with Crippen molar-refractivity contribution in [3.63, 3.8) is 0 Å². The van der Waals surface area contributed by atoms with Crippen molar-refractivity contribution in [2.24, 2.45) is 0 Å². The van der Waals surface area contributed by atoms with Gasteiger partial charge in [-0.1, -0.05) is 17.8 Å². The lowest BCUT2D eigenvalue weighted by Crippen LogP contribution is -2.36. The van der Waals surface area contributed by atoms with Crippen LogP contribution in [0.4, 0.5) is 5.13 Å². The Balaban J connectivity index is 1.44. The SMILES string of the molecule is Cc1ccc(-c2nn(C(C)C)c3c2CCc2nc(NC(=O)CN4CCCCC4)sc2-3)cn1. The van der Waals surface area contributed by atoms with Gasteiger partial charge in [-0.3, -0.25) is 19.4 Å². The summed E-state index contributed by atoms with van der Waals surface area (Å²) in [7, 11) is 0. The van der Waals surface area contributed by atoms with Crippen LogP contribution in [0.3, 0.4) is 0 Å². The predicted molar refractivity (Wildman–Crippen MR) is 128 cm³/mol. The van der Waals surface area contributed by atoms with Crippen LogP contribution in [0.5, 0.6) is 0 Å². The van der Waals surface area contributed by atoms with Crippen LogP contribution in [0, 0.1) is 6.92 Å². The number of pyridine rings is 1. The van der Waals surface area contributed by atoms with E-state index in [2.05, 4.69) is 39.8 Å². The average molecular weight is 451 g/mol. The molecule has 1 saturated heterocycles. The summed E-state index contributed by atoms with van der Waals surface area (Å²) in [6, 6.07) is 4.36. The second kappa shape index (κ2) is 8.75. The van der Waals surface area contributed by atoms with Crippen molar-refractivity contribution in [2.45, 2.75) is 58.9 Å². The van der Waals surface area contributed by atoms with Gasteiger partial charge in [0, 0.05) is 29.1 Å². The molecule has 3 aromatic rings. The molecule has 3 aromatic heterocycles. The van der Waals surface area contributed by atoms with Gasteiger partial charge in [-0.05, 0) is 71.7 Å². The van der Waals surface area contributed by atoms with E-state index < -0.39 is 0 Å². The highest BCUT2D eigenvalue weighted by atomic mass is 32.1. The molecule has 0 aromatic carbocycles. The van der Waals surface area contributed by atoms with E-state index in [0.29, 0.717) is 11.7 Å². The van der Waals surface area contributed by atoms with Crippen molar-refractivity contribution >= 4 is 22.4 Å². The number of carbonyl (C=O) groups is 1. The number of aromatic nitrogens is 4. The van der Waals surface area contributed by atoms with E-state index in [1.54, 1.807) is 11.3 Å². The number of piperidine rings is 1. The Labute approximate surface area is 192 Å². The van der Waals surface area contributed by atoms with Crippen LogP contribution in [-0.4, -0.2) is 50.2 Å². The van der Waals surface area contributed by atoms with E-state index in [0.717, 1.165) is 59.1 Å². The number of fused-ring (bicyclic) bond motifs is 3. The van der Waals surface area contributed by atoms with Crippen molar-refractivity contribution in [3.05, 3.63) is 35.3 Å². The summed E-state index contributed by atoms with van der Waals surface area (Å²) in [5.41, 5.74) is 6.52. The molecule has 1 N–H and O–H groups in total. The van der Waals surface area contributed by atoms with Gasteiger partial charge in [0.1, 0.15) is 0 Å². The molecule has 4 heterocycles. The number of nitrogens with one attached hydrogen (secondary N) is 1. The molecule has 0 bridgehead atoms. The molecule has 1 aliphatic heterocycles. The molecule has 0 unspecified atom stereocenters. The van der Waals surface area contributed by atoms with Gasteiger partial charge < -0.3 is 5.32 Å². The summed E-state index contributed by atoms with van der Waals surface area (Å²) < 4.78 is 2.11. The minimum Gasteiger partial charge on any atom is -0.301 e.